The van der Waals surface area contributed by atoms with Gasteiger partial charge in [-0.25, -0.2) is 18.9 Å². The summed E-state index contributed by atoms with van der Waals surface area (Å²) in [7, 11) is 0. The fraction of sp³-hybridized carbons (Fsp3) is 0.308. The van der Waals surface area contributed by atoms with Gasteiger partial charge in [0.2, 0.25) is 0 Å². The molecule has 1 saturated carbocycles. The zero-order valence-electron chi connectivity index (χ0n) is 10.3. The summed E-state index contributed by atoms with van der Waals surface area (Å²) in [4.78, 5) is 15.0. The highest BCUT2D eigenvalue weighted by molar-refractivity contribution is 5.83. The van der Waals surface area contributed by atoms with Crippen LogP contribution in [0, 0.1) is 12.7 Å². The minimum absolute atomic E-state index is 0.225. The van der Waals surface area contributed by atoms with Gasteiger partial charge >= 0.3 is 5.97 Å². The first-order chi connectivity index (χ1) is 9.06. The Balaban J connectivity index is 2.17. The van der Waals surface area contributed by atoms with Crippen LogP contribution in [-0.2, 0) is 0 Å². The number of carboxylic acid groups (broad SMARTS) is 1. The van der Waals surface area contributed by atoms with Crippen molar-refractivity contribution in [1.29, 1.82) is 0 Å². The van der Waals surface area contributed by atoms with E-state index in [1.165, 1.54) is 16.8 Å². The molecule has 0 amide bonds. The Bertz CT molecular complexity index is 662. The summed E-state index contributed by atoms with van der Waals surface area (Å²) >= 11 is 0. The number of carbonyl (C=O) groups is 1. The Labute approximate surface area is 108 Å². The number of carboxylic acids is 1. The summed E-state index contributed by atoms with van der Waals surface area (Å²) in [5.41, 5.74) is 1.37. The molecule has 3 rings (SSSR count). The molecule has 1 fully saturated rings. The van der Waals surface area contributed by atoms with Gasteiger partial charge in [-0.15, -0.1) is 5.10 Å². The molecule has 1 aromatic heterocycles. The standard InChI is InChI=1S/C13H12FN3O2/c1-7-2-5-9(14)6-10(7)17-12(8-3-4-8)15-11(16-17)13(18)19/h2,5-6,8H,3-4H2,1H3,(H,18,19). The summed E-state index contributed by atoms with van der Waals surface area (Å²) in [6.07, 6.45) is 1.93. The number of aryl methyl sites for hydroxylation is 1. The van der Waals surface area contributed by atoms with E-state index in [1.54, 1.807) is 6.07 Å². The molecule has 1 heterocycles. The zero-order chi connectivity index (χ0) is 13.6. The average molecular weight is 261 g/mol. The smallest absolute Gasteiger partial charge is 0.375 e. The van der Waals surface area contributed by atoms with Crippen LogP contribution in [0.1, 0.15) is 40.8 Å². The maximum Gasteiger partial charge on any atom is 0.375 e. The van der Waals surface area contributed by atoms with Gasteiger partial charge in [0.25, 0.3) is 5.82 Å². The van der Waals surface area contributed by atoms with Gasteiger partial charge in [-0.3, -0.25) is 0 Å². The topological polar surface area (TPSA) is 68.0 Å². The summed E-state index contributed by atoms with van der Waals surface area (Å²) in [6, 6.07) is 4.36. The van der Waals surface area contributed by atoms with Gasteiger partial charge in [-0.1, -0.05) is 6.07 Å². The molecule has 0 atom stereocenters. The van der Waals surface area contributed by atoms with Crippen LogP contribution in [0.2, 0.25) is 0 Å². The maximum atomic E-state index is 13.4. The molecule has 1 aromatic carbocycles. The molecule has 0 aliphatic heterocycles. The molecule has 1 N–H and O–H groups in total. The van der Waals surface area contributed by atoms with Crippen molar-refractivity contribution in [3.63, 3.8) is 0 Å². The first kappa shape index (κ1) is 11.8. The van der Waals surface area contributed by atoms with E-state index in [-0.39, 0.29) is 17.6 Å². The van der Waals surface area contributed by atoms with Gasteiger partial charge in [-0.2, -0.15) is 0 Å². The summed E-state index contributed by atoms with van der Waals surface area (Å²) in [5, 5.41) is 13.0. The minimum Gasteiger partial charge on any atom is -0.475 e. The maximum absolute atomic E-state index is 13.4. The summed E-state index contributed by atoms with van der Waals surface area (Å²) < 4.78 is 14.8. The highest BCUT2D eigenvalue weighted by Crippen LogP contribution is 2.40. The number of hydrogen-bond acceptors (Lipinski definition) is 3. The fourth-order valence-electron chi connectivity index (χ4n) is 2.01. The van der Waals surface area contributed by atoms with Crippen molar-refractivity contribution in [3.8, 4) is 5.69 Å². The Morgan fingerprint density at radius 3 is 2.84 bits per heavy atom. The zero-order valence-corrected chi connectivity index (χ0v) is 10.3. The van der Waals surface area contributed by atoms with Crippen molar-refractivity contribution < 1.29 is 14.3 Å². The molecule has 5 nitrogen and oxygen atoms in total. The van der Waals surface area contributed by atoms with E-state index < -0.39 is 5.97 Å². The Morgan fingerprint density at radius 2 is 2.21 bits per heavy atom. The molecule has 1 aliphatic rings. The van der Waals surface area contributed by atoms with E-state index >= 15 is 0 Å². The molecule has 0 unspecified atom stereocenters. The third-order valence-electron chi connectivity index (χ3n) is 3.17. The van der Waals surface area contributed by atoms with E-state index in [0.717, 1.165) is 18.4 Å². The number of hydrogen-bond donors (Lipinski definition) is 1. The molecule has 1 aliphatic carbocycles. The molecule has 0 bridgehead atoms. The molecule has 0 radical (unpaired) electrons. The number of halogens is 1. The predicted octanol–water partition coefficient (Wildman–Crippen LogP) is 2.29. The summed E-state index contributed by atoms with van der Waals surface area (Å²) in [5.74, 6) is -0.968. The molecule has 2 aromatic rings. The lowest BCUT2D eigenvalue weighted by Crippen LogP contribution is -2.05. The number of aromatic nitrogens is 3. The van der Waals surface area contributed by atoms with Crippen molar-refractivity contribution in [2.75, 3.05) is 0 Å². The number of rotatable bonds is 3. The van der Waals surface area contributed by atoms with Gasteiger partial charge in [0, 0.05) is 5.92 Å². The van der Waals surface area contributed by atoms with Crippen LogP contribution in [0.4, 0.5) is 4.39 Å². The molecular weight excluding hydrogens is 249 g/mol. The largest absolute Gasteiger partial charge is 0.475 e. The third-order valence-corrected chi connectivity index (χ3v) is 3.17. The van der Waals surface area contributed by atoms with Crippen molar-refractivity contribution in [3.05, 3.63) is 41.2 Å². The third kappa shape index (κ3) is 2.09. The predicted molar refractivity (Wildman–Crippen MR) is 65.0 cm³/mol. The lowest BCUT2D eigenvalue weighted by Gasteiger charge is -2.08. The molecule has 0 saturated heterocycles. The first-order valence-corrected chi connectivity index (χ1v) is 6.03. The van der Waals surface area contributed by atoms with Crippen molar-refractivity contribution in [2.24, 2.45) is 0 Å². The van der Waals surface area contributed by atoms with Crippen molar-refractivity contribution in [1.82, 2.24) is 14.8 Å². The van der Waals surface area contributed by atoms with Gasteiger partial charge < -0.3 is 5.11 Å². The molecular formula is C13H12FN3O2. The second kappa shape index (κ2) is 4.15. The Kier molecular flexibility index (Phi) is 2.58. The van der Waals surface area contributed by atoms with Gasteiger partial charge in [-0.05, 0) is 37.5 Å². The number of nitrogens with zero attached hydrogens (tertiary/aromatic N) is 3. The lowest BCUT2D eigenvalue weighted by atomic mass is 10.2. The summed E-state index contributed by atoms with van der Waals surface area (Å²) in [6.45, 7) is 1.83. The molecule has 19 heavy (non-hydrogen) atoms. The Morgan fingerprint density at radius 1 is 1.47 bits per heavy atom. The second-order valence-electron chi connectivity index (χ2n) is 4.72. The van der Waals surface area contributed by atoms with Crippen LogP contribution in [0.5, 0.6) is 0 Å². The quantitative estimate of drug-likeness (QED) is 0.920. The van der Waals surface area contributed by atoms with Crippen LogP contribution >= 0.6 is 0 Å². The SMILES string of the molecule is Cc1ccc(F)cc1-n1nc(C(=O)O)nc1C1CC1. The van der Waals surface area contributed by atoms with Crippen LogP contribution in [0.15, 0.2) is 18.2 Å². The van der Waals surface area contributed by atoms with Gasteiger partial charge in [0.15, 0.2) is 0 Å². The van der Waals surface area contributed by atoms with Crippen molar-refractivity contribution in [2.45, 2.75) is 25.7 Å². The normalized spacial score (nSPS) is 14.6. The van der Waals surface area contributed by atoms with E-state index in [2.05, 4.69) is 10.1 Å². The minimum atomic E-state index is -1.17. The average Bonchev–Trinajstić information content (AvgIpc) is 3.11. The van der Waals surface area contributed by atoms with Crippen LogP contribution in [0.3, 0.4) is 0 Å². The number of aromatic carboxylic acids is 1. The molecule has 98 valence electrons. The first-order valence-electron chi connectivity index (χ1n) is 6.03. The van der Waals surface area contributed by atoms with Crippen LogP contribution in [-0.4, -0.2) is 25.8 Å². The molecule has 0 spiro atoms. The monoisotopic (exact) mass is 261 g/mol. The van der Waals surface area contributed by atoms with E-state index in [9.17, 15) is 9.18 Å². The van der Waals surface area contributed by atoms with Gasteiger partial charge in [0.1, 0.15) is 11.6 Å². The highest BCUT2D eigenvalue weighted by Gasteiger charge is 2.31. The number of benzene rings is 1. The van der Waals surface area contributed by atoms with Gasteiger partial charge in [0.05, 0.1) is 5.69 Å². The van der Waals surface area contributed by atoms with E-state index in [4.69, 9.17) is 5.11 Å². The lowest BCUT2D eigenvalue weighted by molar-refractivity contribution is 0.0683. The van der Waals surface area contributed by atoms with E-state index in [1.807, 2.05) is 6.92 Å². The van der Waals surface area contributed by atoms with Crippen LogP contribution in [0.25, 0.3) is 5.69 Å². The van der Waals surface area contributed by atoms with Crippen molar-refractivity contribution >= 4 is 5.97 Å². The fourth-order valence-corrected chi connectivity index (χ4v) is 2.01. The van der Waals surface area contributed by atoms with Crippen LogP contribution < -0.4 is 0 Å². The Hall–Kier alpha value is -2.24. The highest BCUT2D eigenvalue weighted by atomic mass is 19.1. The molecule has 6 heteroatoms. The second-order valence-corrected chi connectivity index (χ2v) is 4.72. The van der Waals surface area contributed by atoms with E-state index in [0.29, 0.717) is 11.5 Å².